The summed E-state index contributed by atoms with van der Waals surface area (Å²) in [5.41, 5.74) is 1.37. The number of nitrogens with one attached hydrogen (secondary N) is 2. The average Bonchev–Trinajstić information content (AvgIpc) is 3.21. The Labute approximate surface area is 140 Å². The van der Waals surface area contributed by atoms with Gasteiger partial charge in [-0.1, -0.05) is 11.3 Å². The summed E-state index contributed by atoms with van der Waals surface area (Å²) >= 11 is 1.33. The second-order valence-electron chi connectivity index (χ2n) is 5.56. The highest BCUT2D eigenvalue weighted by atomic mass is 32.1. The fourth-order valence-corrected chi connectivity index (χ4v) is 3.10. The molecule has 1 aliphatic rings. The first-order valence-corrected chi connectivity index (χ1v) is 8.27. The van der Waals surface area contributed by atoms with Crippen LogP contribution in [0.5, 0.6) is 0 Å². The smallest absolute Gasteiger partial charge is 0.358 e. The molecule has 2 N–H and O–H groups in total. The van der Waals surface area contributed by atoms with Crippen molar-refractivity contribution in [3.63, 3.8) is 0 Å². The summed E-state index contributed by atoms with van der Waals surface area (Å²) in [6, 6.07) is 7.01. The zero-order valence-corrected chi connectivity index (χ0v) is 13.2. The molecule has 1 fully saturated rings. The topological polar surface area (TPSA) is 102 Å². The van der Waals surface area contributed by atoms with Crippen molar-refractivity contribution >= 4 is 45.2 Å². The molecule has 4 rings (SSSR count). The van der Waals surface area contributed by atoms with E-state index in [4.69, 9.17) is 0 Å². The van der Waals surface area contributed by atoms with Gasteiger partial charge in [-0.2, -0.15) is 9.38 Å². The van der Waals surface area contributed by atoms with Crippen molar-refractivity contribution in [2.45, 2.75) is 12.8 Å². The number of rotatable bonds is 5. The van der Waals surface area contributed by atoms with Crippen LogP contribution in [-0.2, 0) is 4.79 Å². The van der Waals surface area contributed by atoms with Crippen LogP contribution in [0.15, 0.2) is 35.8 Å². The van der Waals surface area contributed by atoms with Crippen LogP contribution in [0.25, 0.3) is 4.96 Å². The Morgan fingerprint density at radius 2 is 2.00 bits per heavy atom. The minimum Gasteiger partial charge on any atom is -0.358 e. The van der Waals surface area contributed by atoms with E-state index in [1.54, 1.807) is 35.8 Å². The highest BCUT2D eigenvalue weighted by Gasteiger charge is 2.29. The molecular weight excluding hydrogens is 330 g/mol. The predicted octanol–water partition coefficient (Wildman–Crippen LogP) is 3.40. The van der Waals surface area contributed by atoms with Crippen molar-refractivity contribution in [3.05, 3.63) is 46.0 Å². The van der Waals surface area contributed by atoms with E-state index in [0.29, 0.717) is 16.3 Å². The lowest BCUT2D eigenvalue weighted by Gasteiger charge is -2.07. The molecule has 3 aromatic rings. The number of fused-ring (bicyclic) bond motifs is 1. The molecule has 1 aromatic carbocycles. The number of nitrogens with zero attached hydrogens (tertiary/aromatic N) is 3. The largest absolute Gasteiger partial charge is 0.373 e. The summed E-state index contributed by atoms with van der Waals surface area (Å²) in [6.45, 7) is 0. The Balaban J connectivity index is 1.54. The van der Waals surface area contributed by atoms with Crippen molar-refractivity contribution in [1.29, 1.82) is 0 Å². The molecule has 0 unspecified atom stereocenters. The first-order chi connectivity index (χ1) is 11.6. The lowest BCUT2D eigenvalue weighted by molar-refractivity contribution is -0.389. The highest BCUT2D eigenvalue weighted by Crippen LogP contribution is 2.32. The second-order valence-corrected chi connectivity index (χ2v) is 6.44. The molecule has 1 amide bonds. The Bertz CT molecular complexity index is 926. The summed E-state index contributed by atoms with van der Waals surface area (Å²) in [4.78, 5) is 27.4. The van der Waals surface area contributed by atoms with Gasteiger partial charge in [0, 0.05) is 22.7 Å². The Hall–Kier alpha value is -2.94. The number of carbonyl (C=O) groups excluding carboxylic acids is 1. The van der Waals surface area contributed by atoms with E-state index in [9.17, 15) is 14.9 Å². The zero-order valence-electron chi connectivity index (χ0n) is 12.4. The van der Waals surface area contributed by atoms with Crippen molar-refractivity contribution in [3.8, 4) is 0 Å². The lowest BCUT2D eigenvalue weighted by atomic mass is 10.2. The van der Waals surface area contributed by atoms with Gasteiger partial charge in [0.25, 0.3) is 4.96 Å². The third-order valence-electron chi connectivity index (χ3n) is 3.77. The Kier molecular flexibility index (Phi) is 3.42. The third-order valence-corrected chi connectivity index (χ3v) is 4.53. The first kappa shape index (κ1) is 14.6. The fraction of sp³-hybridized carbons (Fsp3) is 0.200. The normalized spacial score (nSPS) is 13.8. The van der Waals surface area contributed by atoms with Gasteiger partial charge in [-0.15, -0.1) is 0 Å². The number of amides is 1. The van der Waals surface area contributed by atoms with Crippen LogP contribution in [0.1, 0.15) is 12.8 Å². The maximum Gasteiger partial charge on any atom is 0.373 e. The fourth-order valence-electron chi connectivity index (χ4n) is 2.40. The summed E-state index contributed by atoms with van der Waals surface area (Å²) in [5.74, 6) is 0.281. The molecule has 0 radical (unpaired) electrons. The van der Waals surface area contributed by atoms with Crippen molar-refractivity contribution < 1.29 is 9.72 Å². The summed E-state index contributed by atoms with van der Waals surface area (Å²) in [5, 5.41) is 18.9. The van der Waals surface area contributed by atoms with Crippen LogP contribution in [0.4, 0.5) is 23.0 Å². The van der Waals surface area contributed by atoms with E-state index in [0.717, 1.165) is 12.8 Å². The van der Waals surface area contributed by atoms with Crippen LogP contribution in [-0.4, -0.2) is 20.2 Å². The molecule has 1 saturated carbocycles. The molecule has 122 valence electrons. The quantitative estimate of drug-likeness (QED) is 0.546. The molecule has 0 saturated heterocycles. The van der Waals surface area contributed by atoms with E-state index in [1.807, 2.05) is 0 Å². The van der Waals surface area contributed by atoms with Crippen LogP contribution in [0.3, 0.4) is 0 Å². The Morgan fingerprint density at radius 1 is 1.29 bits per heavy atom. The number of anilines is 3. The Morgan fingerprint density at radius 3 is 2.67 bits per heavy atom. The first-order valence-electron chi connectivity index (χ1n) is 7.40. The molecule has 9 heteroatoms. The standard InChI is InChI=1S/C15H13N5O3S/c21-13(9-1-2-9)17-11-5-3-10(4-6-11)16-12-14(20(22)23)19-7-8-24-15(19)18-12/h3-9,16H,1-2H2,(H,17,21). The second kappa shape index (κ2) is 5.60. The van der Waals surface area contributed by atoms with E-state index < -0.39 is 4.92 Å². The van der Waals surface area contributed by atoms with Crippen molar-refractivity contribution in [2.75, 3.05) is 10.6 Å². The van der Waals surface area contributed by atoms with Gasteiger partial charge < -0.3 is 20.7 Å². The molecule has 0 bridgehead atoms. The predicted molar refractivity (Wildman–Crippen MR) is 90.8 cm³/mol. The zero-order chi connectivity index (χ0) is 16.7. The van der Waals surface area contributed by atoms with Crippen LogP contribution < -0.4 is 10.6 Å². The number of imidazole rings is 1. The third kappa shape index (κ3) is 2.69. The average molecular weight is 343 g/mol. The number of benzene rings is 1. The number of hydrogen-bond donors (Lipinski definition) is 2. The van der Waals surface area contributed by atoms with E-state index in [2.05, 4.69) is 15.6 Å². The minimum atomic E-state index is -0.459. The summed E-state index contributed by atoms with van der Waals surface area (Å²) in [6.07, 6.45) is 3.52. The SMILES string of the molecule is O=C(Nc1ccc(Nc2nc3sccn3c2[N+](=O)[O-])cc1)C1CC1. The van der Waals surface area contributed by atoms with Crippen LogP contribution in [0, 0.1) is 16.0 Å². The monoisotopic (exact) mass is 343 g/mol. The van der Waals surface area contributed by atoms with E-state index >= 15 is 0 Å². The molecule has 1 aliphatic carbocycles. The summed E-state index contributed by atoms with van der Waals surface area (Å²) in [7, 11) is 0. The minimum absolute atomic E-state index is 0.0423. The van der Waals surface area contributed by atoms with Gasteiger partial charge >= 0.3 is 5.82 Å². The van der Waals surface area contributed by atoms with Gasteiger partial charge in [-0.25, -0.2) is 0 Å². The maximum atomic E-state index is 11.7. The molecule has 0 aliphatic heterocycles. The van der Waals surface area contributed by atoms with Crippen molar-refractivity contribution in [2.24, 2.45) is 5.92 Å². The molecule has 0 atom stereocenters. The van der Waals surface area contributed by atoms with Gasteiger partial charge in [0.15, 0.2) is 0 Å². The van der Waals surface area contributed by atoms with Gasteiger partial charge in [0.05, 0.1) is 0 Å². The number of hydrogen-bond acceptors (Lipinski definition) is 6. The van der Waals surface area contributed by atoms with E-state index in [-0.39, 0.29) is 23.5 Å². The number of thiazole rings is 1. The van der Waals surface area contributed by atoms with E-state index in [1.165, 1.54) is 15.7 Å². The summed E-state index contributed by atoms with van der Waals surface area (Å²) < 4.78 is 1.44. The van der Waals surface area contributed by atoms with Gasteiger partial charge in [0.2, 0.25) is 11.7 Å². The lowest BCUT2D eigenvalue weighted by Crippen LogP contribution is -2.13. The molecule has 24 heavy (non-hydrogen) atoms. The molecular formula is C15H13N5O3S. The molecule has 0 spiro atoms. The van der Waals surface area contributed by atoms with Gasteiger partial charge in [-0.3, -0.25) is 4.79 Å². The highest BCUT2D eigenvalue weighted by molar-refractivity contribution is 7.15. The molecule has 8 nitrogen and oxygen atoms in total. The van der Waals surface area contributed by atoms with Crippen molar-refractivity contribution in [1.82, 2.24) is 9.38 Å². The maximum absolute atomic E-state index is 11.7. The number of nitro groups is 1. The van der Waals surface area contributed by atoms with Crippen LogP contribution >= 0.6 is 11.3 Å². The number of aromatic nitrogens is 2. The van der Waals surface area contributed by atoms with Crippen LogP contribution in [0.2, 0.25) is 0 Å². The van der Waals surface area contributed by atoms with Gasteiger partial charge in [0.1, 0.15) is 6.20 Å². The number of carbonyl (C=O) groups is 1. The molecule has 2 heterocycles. The van der Waals surface area contributed by atoms with Gasteiger partial charge in [-0.05, 0) is 42.0 Å². The molecule has 2 aromatic heterocycles.